The molecule has 0 atom stereocenters. The second-order valence-electron chi connectivity index (χ2n) is 5.84. The number of carboxylic acids is 1. The van der Waals surface area contributed by atoms with Crippen LogP contribution in [0.15, 0.2) is 18.2 Å². The highest BCUT2D eigenvalue weighted by molar-refractivity contribution is 5.90. The summed E-state index contributed by atoms with van der Waals surface area (Å²) in [6.07, 6.45) is 0. The fourth-order valence-corrected chi connectivity index (χ4v) is 2.05. The van der Waals surface area contributed by atoms with Gasteiger partial charge in [-0.3, -0.25) is 0 Å². The van der Waals surface area contributed by atoms with Crippen LogP contribution in [0.2, 0.25) is 0 Å². The van der Waals surface area contributed by atoms with Gasteiger partial charge in [0.2, 0.25) is 0 Å². The van der Waals surface area contributed by atoms with E-state index in [0.29, 0.717) is 11.1 Å². The maximum absolute atomic E-state index is 11.3. The first kappa shape index (κ1) is 13.7. The van der Waals surface area contributed by atoms with Crippen LogP contribution < -0.4 is 0 Å². The van der Waals surface area contributed by atoms with E-state index in [2.05, 4.69) is 0 Å². The molecule has 0 aliphatic carbocycles. The fraction of sp³-hybridized carbons (Fsp3) is 0.500. The number of hydrogen-bond acceptors (Lipinski definition) is 2. The zero-order valence-corrected chi connectivity index (χ0v) is 11.0. The summed E-state index contributed by atoms with van der Waals surface area (Å²) >= 11 is 0. The minimum atomic E-state index is -1.05. The average molecular weight is 236 g/mol. The highest BCUT2D eigenvalue weighted by atomic mass is 16.4. The maximum Gasteiger partial charge on any atom is 0.335 e. The molecule has 0 heterocycles. The molecule has 17 heavy (non-hydrogen) atoms. The van der Waals surface area contributed by atoms with Gasteiger partial charge in [0.05, 0.1) is 11.2 Å². The average Bonchev–Trinajstić information content (AvgIpc) is 2.13. The Balaban J connectivity index is 3.64. The molecule has 94 valence electrons. The van der Waals surface area contributed by atoms with E-state index in [-0.39, 0.29) is 11.0 Å². The Morgan fingerprint density at radius 1 is 1.12 bits per heavy atom. The van der Waals surface area contributed by atoms with Gasteiger partial charge in [-0.2, -0.15) is 0 Å². The van der Waals surface area contributed by atoms with Crippen molar-refractivity contribution in [3.63, 3.8) is 0 Å². The number of benzene rings is 1. The fourth-order valence-electron chi connectivity index (χ4n) is 2.05. The smallest absolute Gasteiger partial charge is 0.335 e. The molecule has 1 aromatic carbocycles. The molecule has 3 heteroatoms. The molecule has 0 saturated carbocycles. The Bertz CT molecular complexity index is 434. The predicted molar refractivity (Wildman–Crippen MR) is 67.3 cm³/mol. The summed E-state index contributed by atoms with van der Waals surface area (Å²) in [5.74, 6) is -0.957. The highest BCUT2D eigenvalue weighted by Gasteiger charge is 2.30. The van der Waals surface area contributed by atoms with E-state index in [9.17, 15) is 15.0 Å². The second-order valence-corrected chi connectivity index (χ2v) is 5.84. The van der Waals surface area contributed by atoms with E-state index in [4.69, 9.17) is 0 Å². The van der Waals surface area contributed by atoms with E-state index in [0.717, 1.165) is 0 Å². The molecule has 3 nitrogen and oxygen atoms in total. The quantitative estimate of drug-likeness (QED) is 0.830. The largest absolute Gasteiger partial charge is 0.478 e. The van der Waals surface area contributed by atoms with Gasteiger partial charge >= 0.3 is 5.97 Å². The van der Waals surface area contributed by atoms with Crippen LogP contribution in [0.3, 0.4) is 0 Å². The molecule has 0 radical (unpaired) electrons. The Labute approximate surface area is 102 Å². The van der Waals surface area contributed by atoms with Crippen LogP contribution in [0.4, 0.5) is 0 Å². The third-order valence-electron chi connectivity index (χ3n) is 2.70. The van der Waals surface area contributed by atoms with Gasteiger partial charge in [-0.1, -0.05) is 32.9 Å². The number of aromatic carboxylic acids is 1. The molecule has 0 bridgehead atoms. The SMILES string of the molecule is CC(C)(C)c1c(C(=O)O)cccc1C(C)(C)O. The summed E-state index contributed by atoms with van der Waals surface area (Å²) < 4.78 is 0. The van der Waals surface area contributed by atoms with Crippen LogP contribution in [0.25, 0.3) is 0 Å². The Morgan fingerprint density at radius 3 is 2.00 bits per heavy atom. The van der Waals surface area contributed by atoms with Gasteiger partial charge in [0, 0.05) is 0 Å². The van der Waals surface area contributed by atoms with Crippen molar-refractivity contribution in [2.45, 2.75) is 45.6 Å². The summed E-state index contributed by atoms with van der Waals surface area (Å²) in [6.45, 7) is 9.18. The van der Waals surface area contributed by atoms with Crippen molar-refractivity contribution in [1.29, 1.82) is 0 Å². The number of rotatable bonds is 2. The predicted octanol–water partition coefficient (Wildman–Crippen LogP) is 2.91. The van der Waals surface area contributed by atoms with Gasteiger partial charge < -0.3 is 10.2 Å². The van der Waals surface area contributed by atoms with Crippen molar-refractivity contribution in [3.05, 3.63) is 34.9 Å². The van der Waals surface area contributed by atoms with Gasteiger partial charge in [0.15, 0.2) is 0 Å². The molecule has 0 fully saturated rings. The second kappa shape index (κ2) is 4.15. The van der Waals surface area contributed by atoms with Crippen LogP contribution in [0.5, 0.6) is 0 Å². The van der Waals surface area contributed by atoms with Crippen molar-refractivity contribution in [3.8, 4) is 0 Å². The van der Waals surface area contributed by atoms with Crippen molar-refractivity contribution < 1.29 is 15.0 Å². The van der Waals surface area contributed by atoms with Crippen LogP contribution in [0, 0.1) is 0 Å². The minimum absolute atomic E-state index is 0.261. The lowest BCUT2D eigenvalue weighted by molar-refractivity contribution is 0.0685. The van der Waals surface area contributed by atoms with E-state index >= 15 is 0 Å². The van der Waals surface area contributed by atoms with Crippen LogP contribution in [0.1, 0.15) is 56.1 Å². The highest BCUT2D eigenvalue weighted by Crippen LogP contribution is 2.35. The van der Waals surface area contributed by atoms with Gasteiger partial charge in [0.25, 0.3) is 0 Å². The van der Waals surface area contributed by atoms with E-state index in [1.807, 2.05) is 20.8 Å². The molecular formula is C14H20O3. The molecule has 0 amide bonds. The van der Waals surface area contributed by atoms with Gasteiger partial charge in [0.1, 0.15) is 0 Å². The zero-order valence-electron chi connectivity index (χ0n) is 11.0. The number of carboxylic acid groups (broad SMARTS) is 1. The third-order valence-corrected chi connectivity index (χ3v) is 2.70. The summed E-state index contributed by atoms with van der Waals surface area (Å²) in [5.41, 5.74) is 0.250. The van der Waals surface area contributed by atoms with Crippen molar-refractivity contribution in [1.82, 2.24) is 0 Å². The summed E-state index contributed by atoms with van der Waals surface area (Å²) in [5, 5.41) is 19.4. The molecule has 2 N–H and O–H groups in total. The first-order valence-electron chi connectivity index (χ1n) is 5.65. The minimum Gasteiger partial charge on any atom is -0.478 e. The topological polar surface area (TPSA) is 57.5 Å². The van der Waals surface area contributed by atoms with Gasteiger partial charge in [-0.15, -0.1) is 0 Å². The number of aliphatic hydroxyl groups is 1. The maximum atomic E-state index is 11.3. The van der Waals surface area contributed by atoms with Crippen LogP contribution in [-0.2, 0) is 11.0 Å². The van der Waals surface area contributed by atoms with Gasteiger partial charge in [-0.05, 0) is 36.5 Å². The molecule has 0 spiro atoms. The normalized spacial score (nSPS) is 12.6. The van der Waals surface area contributed by atoms with Crippen LogP contribution >= 0.6 is 0 Å². The summed E-state index contributed by atoms with van der Waals surface area (Å²) in [4.78, 5) is 11.3. The first-order chi connectivity index (χ1) is 7.55. The molecule has 0 aliphatic heterocycles. The lowest BCUT2D eigenvalue weighted by atomic mass is 9.76. The van der Waals surface area contributed by atoms with Crippen molar-refractivity contribution in [2.24, 2.45) is 0 Å². The lowest BCUT2D eigenvalue weighted by Crippen LogP contribution is -2.26. The zero-order chi connectivity index (χ0) is 13.4. The van der Waals surface area contributed by atoms with Crippen LogP contribution in [-0.4, -0.2) is 16.2 Å². The van der Waals surface area contributed by atoms with Gasteiger partial charge in [-0.25, -0.2) is 4.79 Å². The van der Waals surface area contributed by atoms with E-state index in [1.165, 1.54) is 0 Å². The van der Waals surface area contributed by atoms with E-state index < -0.39 is 11.6 Å². The molecule has 0 unspecified atom stereocenters. The molecule has 0 aromatic heterocycles. The van der Waals surface area contributed by atoms with E-state index in [1.54, 1.807) is 32.0 Å². The third kappa shape index (κ3) is 2.86. The number of hydrogen-bond donors (Lipinski definition) is 2. The van der Waals surface area contributed by atoms with Crippen molar-refractivity contribution >= 4 is 5.97 Å². The Hall–Kier alpha value is -1.35. The summed E-state index contributed by atoms with van der Waals surface area (Å²) in [7, 11) is 0. The van der Waals surface area contributed by atoms with Crippen molar-refractivity contribution in [2.75, 3.05) is 0 Å². The number of carbonyl (C=O) groups is 1. The molecule has 1 rings (SSSR count). The molecule has 0 aliphatic rings. The first-order valence-corrected chi connectivity index (χ1v) is 5.65. The molecular weight excluding hydrogens is 216 g/mol. The Kier molecular flexibility index (Phi) is 3.35. The standard InChI is InChI=1S/C14H20O3/c1-13(2,3)11-9(12(15)16)7-6-8-10(11)14(4,5)17/h6-8,17H,1-5H3,(H,15,16). The summed E-state index contributed by atoms with van der Waals surface area (Å²) in [6, 6.07) is 5.04. The lowest BCUT2D eigenvalue weighted by Gasteiger charge is -2.30. The molecule has 0 saturated heterocycles. The Morgan fingerprint density at radius 2 is 1.65 bits per heavy atom. The molecule has 1 aromatic rings. The monoisotopic (exact) mass is 236 g/mol.